The SMILES string of the molecule is O=C1SCCN1c1cccc2c1[nH]c1ccccc12. The molecule has 0 atom stereocenters. The number of nitrogens with zero attached hydrogens (tertiary/aromatic N) is 1. The van der Waals surface area contributed by atoms with Crippen molar-refractivity contribution < 1.29 is 4.79 Å². The van der Waals surface area contributed by atoms with Crippen molar-refractivity contribution in [2.45, 2.75) is 0 Å². The Balaban J connectivity index is 2.03. The van der Waals surface area contributed by atoms with Gasteiger partial charge in [0.15, 0.2) is 0 Å². The number of hydrogen-bond acceptors (Lipinski definition) is 2. The number of fused-ring (bicyclic) bond motifs is 3. The van der Waals surface area contributed by atoms with Crippen LogP contribution >= 0.6 is 11.8 Å². The maximum atomic E-state index is 11.9. The number of anilines is 1. The van der Waals surface area contributed by atoms with Crippen molar-refractivity contribution in [1.29, 1.82) is 0 Å². The van der Waals surface area contributed by atoms with E-state index in [2.05, 4.69) is 23.2 Å². The summed E-state index contributed by atoms with van der Waals surface area (Å²) in [6.07, 6.45) is 0. The third kappa shape index (κ3) is 1.56. The van der Waals surface area contributed by atoms with Gasteiger partial charge in [-0.3, -0.25) is 4.79 Å². The number of rotatable bonds is 1. The van der Waals surface area contributed by atoms with Crippen LogP contribution in [0, 0.1) is 0 Å². The number of aromatic nitrogens is 1. The molecule has 1 saturated heterocycles. The van der Waals surface area contributed by atoms with Gasteiger partial charge in [-0.1, -0.05) is 42.1 Å². The highest BCUT2D eigenvalue weighted by Gasteiger charge is 2.24. The second-order valence-electron chi connectivity index (χ2n) is 4.64. The summed E-state index contributed by atoms with van der Waals surface area (Å²) >= 11 is 1.39. The van der Waals surface area contributed by atoms with Crippen LogP contribution in [0.15, 0.2) is 42.5 Å². The minimum absolute atomic E-state index is 0.145. The molecule has 0 aliphatic carbocycles. The van der Waals surface area contributed by atoms with Gasteiger partial charge in [0.2, 0.25) is 0 Å². The van der Waals surface area contributed by atoms with Crippen LogP contribution in [0.1, 0.15) is 0 Å². The standard InChI is InChI=1S/C15H12N2OS/c18-15-17(8-9-19-15)13-7-3-5-11-10-4-1-2-6-12(10)16-14(11)13/h1-7,16H,8-9H2. The second kappa shape index (κ2) is 4.03. The fourth-order valence-electron chi connectivity index (χ4n) is 2.69. The molecule has 0 bridgehead atoms. The van der Waals surface area contributed by atoms with Gasteiger partial charge in [0.25, 0.3) is 5.24 Å². The topological polar surface area (TPSA) is 36.1 Å². The number of thioether (sulfide) groups is 1. The summed E-state index contributed by atoms with van der Waals surface area (Å²) < 4.78 is 0. The lowest BCUT2D eigenvalue weighted by Crippen LogP contribution is -2.22. The number of H-pyrrole nitrogens is 1. The van der Waals surface area contributed by atoms with Gasteiger partial charge in [0.05, 0.1) is 11.2 Å². The lowest BCUT2D eigenvalue weighted by atomic mass is 10.1. The predicted molar refractivity (Wildman–Crippen MR) is 81.0 cm³/mol. The molecule has 1 aliphatic heterocycles. The number of benzene rings is 2. The first kappa shape index (κ1) is 10.9. The summed E-state index contributed by atoms with van der Waals surface area (Å²) in [4.78, 5) is 17.2. The van der Waals surface area contributed by atoms with E-state index >= 15 is 0 Å². The Hall–Kier alpha value is -1.94. The quantitative estimate of drug-likeness (QED) is 0.724. The van der Waals surface area contributed by atoms with Crippen LogP contribution in [-0.4, -0.2) is 22.5 Å². The smallest absolute Gasteiger partial charge is 0.286 e. The van der Waals surface area contributed by atoms with Crippen LogP contribution in [0.25, 0.3) is 21.8 Å². The zero-order valence-electron chi connectivity index (χ0n) is 10.2. The van der Waals surface area contributed by atoms with Crippen molar-refractivity contribution in [3.8, 4) is 0 Å². The number of para-hydroxylation sites is 2. The van der Waals surface area contributed by atoms with Crippen LogP contribution in [-0.2, 0) is 0 Å². The Labute approximate surface area is 114 Å². The van der Waals surface area contributed by atoms with Crippen LogP contribution in [0.3, 0.4) is 0 Å². The number of nitrogens with one attached hydrogen (secondary N) is 1. The van der Waals surface area contributed by atoms with Crippen LogP contribution in [0.4, 0.5) is 10.5 Å². The van der Waals surface area contributed by atoms with E-state index in [1.165, 1.54) is 22.5 Å². The van der Waals surface area contributed by atoms with Gasteiger partial charge < -0.3 is 9.88 Å². The van der Waals surface area contributed by atoms with Gasteiger partial charge in [-0.15, -0.1) is 0 Å². The molecule has 3 nitrogen and oxygen atoms in total. The fraction of sp³-hybridized carbons (Fsp3) is 0.133. The number of aromatic amines is 1. The average molecular weight is 268 g/mol. The largest absolute Gasteiger partial charge is 0.353 e. The molecule has 0 unspecified atom stereocenters. The Kier molecular flexibility index (Phi) is 2.32. The Morgan fingerprint density at radius 1 is 1.05 bits per heavy atom. The van der Waals surface area contributed by atoms with E-state index in [4.69, 9.17) is 0 Å². The molecule has 0 saturated carbocycles. The van der Waals surface area contributed by atoms with E-state index < -0.39 is 0 Å². The van der Waals surface area contributed by atoms with Gasteiger partial charge in [-0.2, -0.15) is 0 Å². The molecule has 1 aliphatic rings. The summed E-state index contributed by atoms with van der Waals surface area (Å²) in [5.41, 5.74) is 3.16. The second-order valence-corrected chi connectivity index (χ2v) is 5.68. The molecular weight excluding hydrogens is 256 g/mol. The summed E-state index contributed by atoms with van der Waals surface area (Å²) in [6, 6.07) is 14.4. The molecule has 4 heteroatoms. The first-order valence-electron chi connectivity index (χ1n) is 6.28. The van der Waals surface area contributed by atoms with Crippen molar-refractivity contribution in [3.05, 3.63) is 42.5 Å². The Morgan fingerprint density at radius 2 is 1.89 bits per heavy atom. The average Bonchev–Trinajstić information content (AvgIpc) is 3.02. The molecule has 1 N–H and O–H groups in total. The van der Waals surface area contributed by atoms with Gasteiger partial charge in [0.1, 0.15) is 0 Å². The number of amides is 1. The highest BCUT2D eigenvalue weighted by molar-refractivity contribution is 8.14. The van der Waals surface area contributed by atoms with Crippen LogP contribution in [0.2, 0.25) is 0 Å². The molecule has 4 rings (SSSR count). The summed E-state index contributed by atoms with van der Waals surface area (Å²) in [5.74, 6) is 0.870. The zero-order valence-corrected chi connectivity index (χ0v) is 11.0. The molecule has 2 heterocycles. The molecule has 1 fully saturated rings. The van der Waals surface area contributed by atoms with E-state index in [9.17, 15) is 4.79 Å². The highest BCUT2D eigenvalue weighted by atomic mass is 32.2. The zero-order chi connectivity index (χ0) is 12.8. The monoisotopic (exact) mass is 268 g/mol. The molecule has 94 valence electrons. The van der Waals surface area contributed by atoms with Crippen molar-refractivity contribution in [2.75, 3.05) is 17.2 Å². The fourth-order valence-corrected chi connectivity index (χ4v) is 3.49. The molecule has 0 spiro atoms. The third-order valence-electron chi connectivity index (χ3n) is 3.57. The van der Waals surface area contributed by atoms with Gasteiger partial charge in [0, 0.05) is 28.6 Å². The van der Waals surface area contributed by atoms with E-state index in [1.54, 1.807) is 0 Å². The minimum atomic E-state index is 0.145. The summed E-state index contributed by atoms with van der Waals surface area (Å²) in [7, 11) is 0. The minimum Gasteiger partial charge on any atom is -0.353 e. The van der Waals surface area contributed by atoms with Gasteiger partial charge in [-0.05, 0) is 12.1 Å². The van der Waals surface area contributed by atoms with E-state index in [1.807, 2.05) is 29.2 Å². The maximum Gasteiger partial charge on any atom is 0.286 e. The molecule has 1 aromatic heterocycles. The third-order valence-corrected chi connectivity index (χ3v) is 4.43. The normalized spacial score (nSPS) is 15.8. The van der Waals surface area contributed by atoms with Gasteiger partial charge >= 0.3 is 0 Å². The molecule has 3 aromatic rings. The molecular formula is C15H12N2OS. The summed E-state index contributed by atoms with van der Waals surface area (Å²) in [6.45, 7) is 0.790. The molecule has 2 aromatic carbocycles. The van der Waals surface area contributed by atoms with Crippen molar-refractivity contribution in [2.24, 2.45) is 0 Å². The van der Waals surface area contributed by atoms with Crippen molar-refractivity contribution in [3.63, 3.8) is 0 Å². The van der Waals surface area contributed by atoms with E-state index in [0.29, 0.717) is 0 Å². The van der Waals surface area contributed by atoms with Crippen LogP contribution < -0.4 is 4.90 Å². The molecule has 0 radical (unpaired) electrons. The number of carbonyl (C=O) groups is 1. The van der Waals surface area contributed by atoms with Crippen LogP contribution in [0.5, 0.6) is 0 Å². The maximum absolute atomic E-state index is 11.9. The van der Waals surface area contributed by atoms with E-state index in [0.717, 1.165) is 29.0 Å². The first-order chi connectivity index (χ1) is 9.34. The Bertz CT molecular complexity index is 793. The highest BCUT2D eigenvalue weighted by Crippen LogP contribution is 2.34. The molecule has 19 heavy (non-hydrogen) atoms. The number of carbonyl (C=O) groups excluding carboxylic acids is 1. The van der Waals surface area contributed by atoms with E-state index in [-0.39, 0.29) is 5.24 Å². The predicted octanol–water partition coefficient (Wildman–Crippen LogP) is 3.99. The Morgan fingerprint density at radius 3 is 2.74 bits per heavy atom. The lowest BCUT2D eigenvalue weighted by molar-refractivity contribution is 0.266. The molecule has 1 amide bonds. The van der Waals surface area contributed by atoms with Crippen molar-refractivity contribution >= 4 is 44.5 Å². The summed E-state index contributed by atoms with van der Waals surface area (Å²) in [5, 5.41) is 2.53. The first-order valence-corrected chi connectivity index (χ1v) is 7.27. The van der Waals surface area contributed by atoms with Gasteiger partial charge in [-0.25, -0.2) is 0 Å². The number of hydrogen-bond donors (Lipinski definition) is 1. The lowest BCUT2D eigenvalue weighted by Gasteiger charge is -2.15. The van der Waals surface area contributed by atoms with Crippen molar-refractivity contribution in [1.82, 2.24) is 4.98 Å².